The first-order valence-electron chi connectivity index (χ1n) is 9.92. The Kier molecular flexibility index (Phi) is 4.97. The number of carbonyl (C=O) groups excluding carboxylic acids is 1. The summed E-state index contributed by atoms with van der Waals surface area (Å²) in [6, 6.07) is 19.0. The van der Waals surface area contributed by atoms with Gasteiger partial charge in [-0.15, -0.1) is 6.58 Å². The zero-order valence-electron chi connectivity index (χ0n) is 16.8. The lowest BCUT2D eigenvalue weighted by Gasteiger charge is -2.61. The Bertz CT molecular complexity index is 886. The monoisotopic (exact) mass is 393 g/mol. The summed E-state index contributed by atoms with van der Waals surface area (Å²) in [7, 11) is 1.58. The molecule has 1 N–H and O–H groups in total. The second-order valence-electron chi connectivity index (χ2n) is 8.03. The number of amides is 1. The summed E-state index contributed by atoms with van der Waals surface area (Å²) in [6.07, 6.45) is 1.68. The maximum atomic E-state index is 13.1. The number of aliphatic hydroxyl groups is 1. The Morgan fingerprint density at radius 3 is 2.31 bits per heavy atom. The molecule has 5 heteroatoms. The van der Waals surface area contributed by atoms with E-state index in [0.717, 1.165) is 11.1 Å². The Hall–Kier alpha value is -2.63. The quantitative estimate of drug-likeness (QED) is 0.739. The van der Waals surface area contributed by atoms with Gasteiger partial charge in [-0.1, -0.05) is 66.7 Å². The zero-order chi connectivity index (χ0) is 20.6. The van der Waals surface area contributed by atoms with E-state index in [-0.39, 0.29) is 18.2 Å². The highest BCUT2D eigenvalue weighted by molar-refractivity contribution is 5.73. The van der Waals surface area contributed by atoms with Gasteiger partial charge in [0.15, 0.2) is 6.10 Å². The minimum absolute atomic E-state index is 0.307. The topological polar surface area (TPSA) is 59.0 Å². The van der Waals surface area contributed by atoms with E-state index in [9.17, 15) is 9.90 Å². The van der Waals surface area contributed by atoms with E-state index in [1.165, 1.54) is 0 Å². The van der Waals surface area contributed by atoms with Crippen molar-refractivity contribution in [3.63, 3.8) is 0 Å². The third kappa shape index (κ3) is 2.96. The van der Waals surface area contributed by atoms with Crippen molar-refractivity contribution in [2.45, 2.75) is 49.2 Å². The van der Waals surface area contributed by atoms with Gasteiger partial charge in [-0.25, -0.2) is 4.79 Å². The summed E-state index contributed by atoms with van der Waals surface area (Å²) in [5.41, 5.74) is -0.0545. The number of carbonyl (C=O) groups is 1. The summed E-state index contributed by atoms with van der Waals surface area (Å²) in [6.45, 7) is 5.62. The largest absolute Gasteiger partial charge is 0.439 e. The van der Waals surface area contributed by atoms with E-state index in [1.54, 1.807) is 18.1 Å². The van der Waals surface area contributed by atoms with Gasteiger partial charge >= 0.3 is 6.09 Å². The van der Waals surface area contributed by atoms with Crippen LogP contribution in [0.2, 0.25) is 0 Å². The van der Waals surface area contributed by atoms with Crippen LogP contribution in [-0.4, -0.2) is 40.5 Å². The van der Waals surface area contributed by atoms with Crippen molar-refractivity contribution < 1.29 is 19.4 Å². The number of cyclic esters (lactones) is 1. The highest BCUT2D eigenvalue weighted by Gasteiger charge is 2.67. The number of benzene rings is 2. The third-order valence-corrected chi connectivity index (χ3v) is 6.63. The molecule has 0 aromatic heterocycles. The average molecular weight is 393 g/mol. The Labute approximate surface area is 171 Å². The first-order valence-corrected chi connectivity index (χ1v) is 9.92. The molecule has 5 atom stereocenters. The molecule has 1 saturated carbocycles. The van der Waals surface area contributed by atoms with E-state index < -0.39 is 17.3 Å². The summed E-state index contributed by atoms with van der Waals surface area (Å²) in [5.74, 6) is 0. The van der Waals surface area contributed by atoms with Gasteiger partial charge in [-0.3, -0.25) is 4.90 Å². The van der Waals surface area contributed by atoms with Gasteiger partial charge in [0, 0.05) is 13.5 Å². The first kappa shape index (κ1) is 19.7. The van der Waals surface area contributed by atoms with E-state index in [4.69, 9.17) is 9.47 Å². The first-order chi connectivity index (χ1) is 13.9. The van der Waals surface area contributed by atoms with Crippen LogP contribution in [0.5, 0.6) is 0 Å². The number of ether oxygens (including phenoxy) is 2. The molecule has 1 aliphatic carbocycles. The van der Waals surface area contributed by atoms with Crippen LogP contribution in [0.15, 0.2) is 73.3 Å². The summed E-state index contributed by atoms with van der Waals surface area (Å²) >= 11 is 0. The molecule has 0 radical (unpaired) electrons. The fraction of sp³-hybridized carbons (Fsp3) is 0.375. The lowest BCUT2D eigenvalue weighted by atomic mass is 9.59. The molecular formula is C24H27NO4. The van der Waals surface area contributed by atoms with Gasteiger partial charge in [0.25, 0.3) is 0 Å². The van der Waals surface area contributed by atoms with Gasteiger partial charge in [-0.2, -0.15) is 0 Å². The molecule has 0 bridgehead atoms. The predicted octanol–water partition coefficient (Wildman–Crippen LogP) is 4.41. The Morgan fingerprint density at radius 1 is 1.17 bits per heavy atom. The van der Waals surface area contributed by atoms with E-state index in [0.29, 0.717) is 12.8 Å². The molecule has 152 valence electrons. The highest BCUT2D eigenvalue weighted by atomic mass is 16.6. The molecule has 4 rings (SSSR count). The van der Waals surface area contributed by atoms with Gasteiger partial charge in [0.2, 0.25) is 0 Å². The van der Waals surface area contributed by atoms with Crippen molar-refractivity contribution in [3.8, 4) is 0 Å². The maximum Gasteiger partial charge on any atom is 0.411 e. The molecular weight excluding hydrogens is 366 g/mol. The predicted molar refractivity (Wildman–Crippen MR) is 110 cm³/mol. The summed E-state index contributed by atoms with van der Waals surface area (Å²) in [5, 5.41) is 11.1. The lowest BCUT2D eigenvalue weighted by Crippen LogP contribution is -2.76. The molecule has 2 fully saturated rings. The molecule has 1 saturated heterocycles. The molecule has 0 unspecified atom stereocenters. The van der Waals surface area contributed by atoms with Crippen LogP contribution in [0.1, 0.15) is 43.0 Å². The van der Waals surface area contributed by atoms with E-state index in [2.05, 4.69) is 6.58 Å². The summed E-state index contributed by atoms with van der Waals surface area (Å²) in [4.78, 5) is 14.9. The van der Waals surface area contributed by atoms with Crippen LogP contribution >= 0.6 is 0 Å². The normalized spacial score (nSPS) is 33.8. The van der Waals surface area contributed by atoms with Crippen molar-refractivity contribution in [2.24, 2.45) is 0 Å². The molecule has 1 amide bonds. The van der Waals surface area contributed by atoms with Gasteiger partial charge in [0.1, 0.15) is 17.2 Å². The molecule has 29 heavy (non-hydrogen) atoms. The van der Waals surface area contributed by atoms with Crippen molar-refractivity contribution >= 4 is 6.09 Å². The SMILES string of the molecule is C=CC[C@@]1(O)C[C@H](N2C(=O)O[C@H](c3ccccc3)[C@@H]2c2ccccc2)[C@@]1(C)OC. The smallest absolute Gasteiger partial charge is 0.411 e. The van der Waals surface area contributed by atoms with Crippen LogP contribution in [0.4, 0.5) is 4.79 Å². The molecule has 2 aromatic carbocycles. The number of hydrogen-bond acceptors (Lipinski definition) is 4. The number of hydrogen-bond donors (Lipinski definition) is 1. The lowest BCUT2D eigenvalue weighted by molar-refractivity contribution is -0.263. The van der Waals surface area contributed by atoms with Crippen LogP contribution in [0.25, 0.3) is 0 Å². The third-order valence-electron chi connectivity index (χ3n) is 6.63. The number of methoxy groups -OCH3 is 1. The van der Waals surface area contributed by atoms with Crippen molar-refractivity contribution in [2.75, 3.05) is 7.11 Å². The molecule has 2 aliphatic rings. The number of nitrogens with zero attached hydrogens (tertiary/aromatic N) is 1. The Balaban J connectivity index is 1.76. The molecule has 1 aliphatic heterocycles. The van der Waals surface area contributed by atoms with E-state index in [1.807, 2.05) is 67.6 Å². The fourth-order valence-corrected chi connectivity index (χ4v) is 4.80. The van der Waals surface area contributed by atoms with Crippen molar-refractivity contribution in [1.82, 2.24) is 4.90 Å². The zero-order valence-corrected chi connectivity index (χ0v) is 16.8. The van der Waals surface area contributed by atoms with Crippen LogP contribution in [-0.2, 0) is 9.47 Å². The second kappa shape index (κ2) is 7.32. The fourth-order valence-electron chi connectivity index (χ4n) is 4.80. The van der Waals surface area contributed by atoms with Crippen molar-refractivity contribution in [1.29, 1.82) is 0 Å². The molecule has 0 spiro atoms. The highest BCUT2D eigenvalue weighted by Crippen LogP contribution is 2.55. The van der Waals surface area contributed by atoms with Gasteiger partial charge < -0.3 is 14.6 Å². The molecule has 1 heterocycles. The van der Waals surface area contributed by atoms with Crippen LogP contribution in [0, 0.1) is 0 Å². The molecule has 2 aromatic rings. The summed E-state index contributed by atoms with van der Waals surface area (Å²) < 4.78 is 11.7. The number of rotatable bonds is 6. The van der Waals surface area contributed by atoms with E-state index >= 15 is 0 Å². The standard InChI is InChI=1S/C24H27NO4/c1-4-15-24(27)16-19(23(24,2)28-3)25-20(17-11-7-5-8-12-17)21(29-22(25)26)18-13-9-6-10-14-18/h4-14,19-21,27H,1,15-16H2,2-3H3/t19-,20-,21+,23+,24+/m0/s1. The van der Waals surface area contributed by atoms with Gasteiger partial charge in [-0.05, 0) is 24.5 Å². The maximum absolute atomic E-state index is 13.1. The van der Waals surface area contributed by atoms with Crippen molar-refractivity contribution in [3.05, 3.63) is 84.4 Å². The minimum atomic E-state index is -1.07. The Morgan fingerprint density at radius 2 is 1.76 bits per heavy atom. The van der Waals surface area contributed by atoms with Gasteiger partial charge in [0.05, 0.1) is 6.04 Å². The van der Waals surface area contributed by atoms with Crippen LogP contribution in [0.3, 0.4) is 0 Å². The van der Waals surface area contributed by atoms with Crippen LogP contribution < -0.4 is 0 Å². The molecule has 5 nitrogen and oxygen atoms in total. The second-order valence-corrected chi connectivity index (χ2v) is 8.03. The minimum Gasteiger partial charge on any atom is -0.439 e. The average Bonchev–Trinajstić information content (AvgIpc) is 3.09.